The number of rotatable bonds is 6. The number of benzene rings is 2. The van der Waals surface area contributed by atoms with Crippen LogP contribution < -0.4 is 4.74 Å². The molecule has 2 heterocycles. The van der Waals surface area contributed by atoms with Gasteiger partial charge in [0.2, 0.25) is 0 Å². The topological polar surface area (TPSA) is 72.1 Å². The molecule has 1 aliphatic heterocycles. The van der Waals surface area contributed by atoms with E-state index in [1.807, 2.05) is 37.3 Å². The van der Waals surface area contributed by atoms with Crippen molar-refractivity contribution in [1.82, 2.24) is 5.01 Å². The highest BCUT2D eigenvalue weighted by Crippen LogP contribution is 2.33. The Hall–Kier alpha value is -3.67. The van der Waals surface area contributed by atoms with Crippen LogP contribution in [0.15, 0.2) is 76.4 Å². The van der Waals surface area contributed by atoms with Gasteiger partial charge >= 0.3 is 0 Å². The Labute approximate surface area is 168 Å². The smallest absolute Gasteiger partial charge is 0.281 e. The molecule has 0 radical (unpaired) electrons. The van der Waals surface area contributed by atoms with Crippen LogP contribution >= 0.6 is 0 Å². The van der Waals surface area contributed by atoms with Crippen molar-refractivity contribution in [2.75, 3.05) is 6.61 Å². The lowest BCUT2D eigenvalue weighted by atomic mass is 10.0. The maximum absolute atomic E-state index is 12.9. The minimum atomic E-state index is -0.321. The number of amides is 1. The van der Waals surface area contributed by atoms with Gasteiger partial charge < -0.3 is 9.15 Å². The largest absolute Gasteiger partial charge is 0.484 e. The van der Waals surface area contributed by atoms with Gasteiger partial charge in [0.25, 0.3) is 5.91 Å². The summed E-state index contributed by atoms with van der Waals surface area (Å²) in [7, 11) is 0. The lowest BCUT2D eigenvalue weighted by Crippen LogP contribution is -2.31. The van der Waals surface area contributed by atoms with Crippen LogP contribution in [0.4, 0.5) is 0 Å². The van der Waals surface area contributed by atoms with Crippen molar-refractivity contribution in [1.29, 1.82) is 0 Å². The fourth-order valence-corrected chi connectivity index (χ4v) is 3.25. The summed E-state index contributed by atoms with van der Waals surface area (Å²) in [6, 6.07) is 18.0. The monoisotopic (exact) mass is 388 g/mol. The molecule has 146 valence electrons. The van der Waals surface area contributed by atoms with Gasteiger partial charge in [-0.1, -0.05) is 42.0 Å². The Balaban J connectivity index is 1.54. The summed E-state index contributed by atoms with van der Waals surface area (Å²) in [6.45, 7) is 1.84. The summed E-state index contributed by atoms with van der Waals surface area (Å²) in [5.41, 5.74) is 3.45. The van der Waals surface area contributed by atoms with E-state index >= 15 is 0 Å². The van der Waals surface area contributed by atoms with Gasteiger partial charge in [-0.05, 0) is 36.8 Å². The average molecular weight is 388 g/mol. The van der Waals surface area contributed by atoms with Crippen molar-refractivity contribution in [2.45, 2.75) is 19.4 Å². The molecule has 0 unspecified atom stereocenters. The molecule has 1 amide bonds. The van der Waals surface area contributed by atoms with Crippen LogP contribution in [0.2, 0.25) is 0 Å². The molecule has 0 bridgehead atoms. The zero-order valence-corrected chi connectivity index (χ0v) is 15.9. The number of aldehydes is 1. The number of hydrogen-bond donors (Lipinski definition) is 0. The number of carbonyl (C=O) groups is 2. The van der Waals surface area contributed by atoms with Gasteiger partial charge in [-0.3, -0.25) is 9.59 Å². The van der Waals surface area contributed by atoms with E-state index in [0.29, 0.717) is 23.5 Å². The molecule has 4 rings (SSSR count). The lowest BCUT2D eigenvalue weighted by molar-refractivity contribution is -0.135. The first-order valence-electron chi connectivity index (χ1n) is 9.32. The van der Waals surface area contributed by atoms with Crippen LogP contribution in [-0.4, -0.2) is 29.5 Å². The zero-order valence-electron chi connectivity index (χ0n) is 15.9. The van der Waals surface area contributed by atoms with Crippen molar-refractivity contribution in [2.24, 2.45) is 5.10 Å². The third kappa shape index (κ3) is 4.11. The molecule has 1 atom stereocenters. The molecule has 6 heteroatoms. The van der Waals surface area contributed by atoms with Gasteiger partial charge in [0.15, 0.2) is 6.61 Å². The van der Waals surface area contributed by atoms with Crippen molar-refractivity contribution >= 4 is 17.9 Å². The standard InChI is InChI=1S/C23H20N2O4/c1-16-7-9-18(10-8-16)20-13-21(22-6-3-11-28-22)25(24-20)23(27)15-29-19-5-2-4-17(12-19)14-26/h2-12,14,21H,13,15H2,1H3/t21-/m0/s1. The fourth-order valence-electron chi connectivity index (χ4n) is 3.25. The highest BCUT2D eigenvalue weighted by molar-refractivity contribution is 6.03. The predicted molar refractivity (Wildman–Crippen MR) is 108 cm³/mol. The van der Waals surface area contributed by atoms with E-state index in [1.165, 1.54) is 5.01 Å². The van der Waals surface area contributed by atoms with Crippen LogP contribution in [0.25, 0.3) is 0 Å². The molecule has 2 aromatic carbocycles. The van der Waals surface area contributed by atoms with Crippen molar-refractivity contribution < 1.29 is 18.7 Å². The number of aryl methyl sites for hydroxylation is 1. The first-order chi connectivity index (χ1) is 14.1. The molecule has 0 saturated carbocycles. The summed E-state index contributed by atoms with van der Waals surface area (Å²) in [4.78, 5) is 23.8. The van der Waals surface area contributed by atoms with Crippen LogP contribution in [-0.2, 0) is 4.79 Å². The minimum absolute atomic E-state index is 0.190. The molecule has 1 aromatic heterocycles. The molecule has 6 nitrogen and oxygen atoms in total. The number of furan rings is 1. The van der Waals surface area contributed by atoms with Crippen molar-refractivity contribution in [3.8, 4) is 5.75 Å². The Bertz CT molecular complexity index is 1040. The average Bonchev–Trinajstić information content (AvgIpc) is 3.42. The second-order valence-electron chi connectivity index (χ2n) is 6.87. The van der Waals surface area contributed by atoms with E-state index in [-0.39, 0.29) is 18.6 Å². The maximum atomic E-state index is 12.9. The van der Waals surface area contributed by atoms with Crippen molar-refractivity contribution in [3.05, 3.63) is 89.4 Å². The molecule has 1 aliphatic rings. The van der Waals surface area contributed by atoms with Crippen molar-refractivity contribution in [3.63, 3.8) is 0 Å². The van der Waals surface area contributed by atoms with Gasteiger partial charge in [0.1, 0.15) is 23.8 Å². The van der Waals surface area contributed by atoms with Gasteiger partial charge in [0.05, 0.1) is 12.0 Å². The fraction of sp³-hybridized carbons (Fsp3) is 0.174. The number of hydrogen-bond acceptors (Lipinski definition) is 5. The molecule has 0 aliphatic carbocycles. The SMILES string of the molecule is Cc1ccc(C2=NN(C(=O)COc3cccc(C=O)c3)[C@H](c3ccco3)C2)cc1. The van der Waals surface area contributed by atoms with Gasteiger partial charge in [0, 0.05) is 12.0 Å². The molecule has 3 aromatic rings. The van der Waals surface area contributed by atoms with Gasteiger partial charge in [-0.2, -0.15) is 5.10 Å². The molecular weight excluding hydrogens is 368 g/mol. The van der Waals surface area contributed by atoms with Crippen LogP contribution in [0, 0.1) is 6.92 Å². The summed E-state index contributed by atoms with van der Waals surface area (Å²) >= 11 is 0. The summed E-state index contributed by atoms with van der Waals surface area (Å²) in [5, 5.41) is 6.00. The Kier molecular flexibility index (Phi) is 5.24. The Morgan fingerprint density at radius 2 is 2.03 bits per heavy atom. The number of nitrogens with zero attached hydrogens (tertiary/aromatic N) is 2. The van der Waals surface area contributed by atoms with E-state index in [0.717, 1.165) is 23.1 Å². The van der Waals surface area contributed by atoms with Crippen LogP contribution in [0.3, 0.4) is 0 Å². The second-order valence-corrected chi connectivity index (χ2v) is 6.87. The molecular formula is C23H20N2O4. The predicted octanol–water partition coefficient (Wildman–Crippen LogP) is 4.16. The summed E-state index contributed by atoms with van der Waals surface area (Å²) in [6.07, 6.45) is 2.88. The van der Waals surface area contributed by atoms with E-state index in [9.17, 15) is 9.59 Å². The quantitative estimate of drug-likeness (QED) is 0.595. The van der Waals surface area contributed by atoms with Crippen LogP contribution in [0.1, 0.15) is 39.7 Å². The summed E-state index contributed by atoms with van der Waals surface area (Å²) < 4.78 is 11.1. The van der Waals surface area contributed by atoms with E-state index in [1.54, 1.807) is 36.6 Å². The number of carbonyl (C=O) groups excluding carboxylic acids is 2. The first-order valence-corrected chi connectivity index (χ1v) is 9.32. The lowest BCUT2D eigenvalue weighted by Gasteiger charge is -2.20. The normalized spacial score (nSPS) is 15.8. The van der Waals surface area contributed by atoms with E-state index in [2.05, 4.69) is 5.10 Å². The summed E-state index contributed by atoms with van der Waals surface area (Å²) in [5.74, 6) is 0.844. The Morgan fingerprint density at radius 3 is 2.76 bits per heavy atom. The molecule has 0 spiro atoms. The third-order valence-electron chi connectivity index (χ3n) is 4.78. The molecule has 0 saturated heterocycles. The van der Waals surface area contributed by atoms with E-state index < -0.39 is 0 Å². The van der Waals surface area contributed by atoms with Gasteiger partial charge in [-0.15, -0.1) is 0 Å². The highest BCUT2D eigenvalue weighted by Gasteiger charge is 2.35. The van der Waals surface area contributed by atoms with Crippen LogP contribution in [0.5, 0.6) is 5.75 Å². The Morgan fingerprint density at radius 1 is 1.21 bits per heavy atom. The minimum Gasteiger partial charge on any atom is -0.484 e. The zero-order chi connectivity index (χ0) is 20.2. The molecule has 0 fully saturated rings. The number of ether oxygens (including phenoxy) is 1. The molecule has 0 N–H and O–H groups in total. The number of hydrazone groups is 1. The third-order valence-corrected chi connectivity index (χ3v) is 4.78. The molecule has 29 heavy (non-hydrogen) atoms. The van der Waals surface area contributed by atoms with E-state index in [4.69, 9.17) is 9.15 Å². The second kappa shape index (κ2) is 8.14. The van der Waals surface area contributed by atoms with Gasteiger partial charge in [-0.25, -0.2) is 5.01 Å². The highest BCUT2D eigenvalue weighted by atomic mass is 16.5. The first kappa shape index (κ1) is 18.7. The maximum Gasteiger partial charge on any atom is 0.281 e.